The minimum atomic E-state index is -0.566. The minimum absolute atomic E-state index is 0.182. The number of aromatic nitrogens is 2. The van der Waals surface area contributed by atoms with Crippen LogP contribution < -0.4 is 11.1 Å². The lowest BCUT2D eigenvalue weighted by molar-refractivity contribution is -0.122. The Morgan fingerprint density at radius 3 is 2.62 bits per heavy atom. The molecule has 3 aliphatic carbocycles. The van der Waals surface area contributed by atoms with Crippen LogP contribution in [0.4, 0.5) is 0 Å². The monoisotopic (exact) mass is 290 g/mol. The number of rotatable bonds is 5. The number of primary amides is 1. The van der Waals surface area contributed by atoms with E-state index in [-0.39, 0.29) is 11.8 Å². The summed E-state index contributed by atoms with van der Waals surface area (Å²) in [7, 11) is 0. The summed E-state index contributed by atoms with van der Waals surface area (Å²) in [6, 6.07) is 1.10. The van der Waals surface area contributed by atoms with E-state index in [1.807, 2.05) is 6.92 Å². The van der Waals surface area contributed by atoms with Crippen molar-refractivity contribution in [2.45, 2.75) is 45.2 Å². The number of nitrogens with two attached hydrogens (primary N) is 1. The molecule has 0 saturated heterocycles. The molecule has 1 aromatic rings. The fourth-order valence-electron chi connectivity index (χ4n) is 3.90. The van der Waals surface area contributed by atoms with Crippen LogP contribution in [0.3, 0.4) is 0 Å². The molecule has 0 radical (unpaired) electrons. The highest BCUT2D eigenvalue weighted by Gasteiger charge is 2.42. The van der Waals surface area contributed by atoms with Gasteiger partial charge in [-0.1, -0.05) is 0 Å². The SMILES string of the molecule is CCn1nccc1C(=O)N[C@H](C(N)=O)C1CC2CC(C2)C1. The summed E-state index contributed by atoms with van der Waals surface area (Å²) >= 11 is 0. The van der Waals surface area contributed by atoms with Gasteiger partial charge in [-0.3, -0.25) is 14.3 Å². The van der Waals surface area contributed by atoms with Gasteiger partial charge in [0.05, 0.1) is 0 Å². The number of carbonyl (C=O) groups is 2. The van der Waals surface area contributed by atoms with E-state index < -0.39 is 11.9 Å². The zero-order valence-corrected chi connectivity index (χ0v) is 12.3. The fourth-order valence-corrected chi connectivity index (χ4v) is 3.90. The molecule has 6 nitrogen and oxygen atoms in total. The number of hydrogen-bond donors (Lipinski definition) is 2. The molecule has 1 aromatic heterocycles. The van der Waals surface area contributed by atoms with Gasteiger partial charge in [-0.15, -0.1) is 0 Å². The molecule has 6 heteroatoms. The van der Waals surface area contributed by atoms with Crippen LogP contribution in [0.25, 0.3) is 0 Å². The summed E-state index contributed by atoms with van der Waals surface area (Å²) in [5, 5.41) is 6.91. The number of nitrogens with zero attached hydrogens (tertiary/aromatic N) is 2. The number of fused-ring (bicyclic) bond motifs is 2. The summed E-state index contributed by atoms with van der Waals surface area (Å²) in [5.74, 6) is 0.916. The van der Waals surface area contributed by atoms with Crippen LogP contribution in [0.2, 0.25) is 0 Å². The number of hydrogen-bond acceptors (Lipinski definition) is 3. The van der Waals surface area contributed by atoms with Crippen LogP contribution in [-0.2, 0) is 11.3 Å². The minimum Gasteiger partial charge on any atom is -0.368 e. The first-order valence-electron chi connectivity index (χ1n) is 7.70. The zero-order chi connectivity index (χ0) is 15.0. The van der Waals surface area contributed by atoms with E-state index in [2.05, 4.69) is 10.4 Å². The molecule has 1 heterocycles. The van der Waals surface area contributed by atoms with E-state index >= 15 is 0 Å². The molecule has 0 unspecified atom stereocenters. The topological polar surface area (TPSA) is 90.0 Å². The lowest BCUT2D eigenvalue weighted by Gasteiger charge is -2.47. The second-order valence-electron chi connectivity index (χ2n) is 6.32. The summed E-state index contributed by atoms with van der Waals surface area (Å²) in [4.78, 5) is 24.1. The van der Waals surface area contributed by atoms with Crippen LogP contribution in [0.15, 0.2) is 12.3 Å². The Kier molecular flexibility index (Phi) is 3.69. The van der Waals surface area contributed by atoms with Gasteiger partial charge >= 0.3 is 0 Å². The van der Waals surface area contributed by atoms with Crippen molar-refractivity contribution in [1.29, 1.82) is 0 Å². The van der Waals surface area contributed by atoms with Crippen molar-refractivity contribution in [3.05, 3.63) is 18.0 Å². The van der Waals surface area contributed by atoms with Crippen molar-refractivity contribution in [3.63, 3.8) is 0 Å². The Hall–Kier alpha value is -1.85. The maximum atomic E-state index is 12.4. The van der Waals surface area contributed by atoms with Gasteiger partial charge in [0.25, 0.3) is 5.91 Å². The van der Waals surface area contributed by atoms with Crippen LogP contribution in [-0.4, -0.2) is 27.6 Å². The quantitative estimate of drug-likeness (QED) is 0.845. The van der Waals surface area contributed by atoms with Crippen molar-refractivity contribution in [3.8, 4) is 0 Å². The molecule has 2 bridgehead atoms. The first-order valence-corrected chi connectivity index (χ1v) is 7.70. The second kappa shape index (κ2) is 5.50. The molecule has 3 fully saturated rings. The van der Waals surface area contributed by atoms with Crippen molar-refractivity contribution >= 4 is 11.8 Å². The van der Waals surface area contributed by atoms with Crippen LogP contribution >= 0.6 is 0 Å². The number of nitrogens with one attached hydrogen (secondary N) is 1. The van der Waals surface area contributed by atoms with E-state index in [0.717, 1.165) is 12.8 Å². The molecule has 0 aromatic carbocycles. The Morgan fingerprint density at radius 1 is 1.38 bits per heavy atom. The third kappa shape index (κ3) is 2.66. The largest absolute Gasteiger partial charge is 0.368 e. The smallest absolute Gasteiger partial charge is 0.270 e. The third-order valence-electron chi connectivity index (χ3n) is 4.92. The van der Waals surface area contributed by atoms with Gasteiger partial charge < -0.3 is 11.1 Å². The highest BCUT2D eigenvalue weighted by molar-refractivity contribution is 5.96. The van der Waals surface area contributed by atoms with Crippen LogP contribution in [0.1, 0.15) is 43.1 Å². The number of aryl methyl sites for hydroxylation is 1. The summed E-state index contributed by atoms with van der Waals surface area (Å²) in [6.45, 7) is 2.54. The molecule has 0 spiro atoms. The molecular formula is C15H22N4O2. The molecule has 3 aliphatic rings. The normalized spacial score (nSPS) is 28.5. The fraction of sp³-hybridized carbons (Fsp3) is 0.667. The Morgan fingerprint density at radius 2 is 2.05 bits per heavy atom. The van der Waals surface area contributed by atoms with Crippen molar-refractivity contribution < 1.29 is 9.59 Å². The molecular weight excluding hydrogens is 268 g/mol. The molecule has 0 aliphatic heterocycles. The Balaban J connectivity index is 1.70. The molecule has 1 atom stereocenters. The first kappa shape index (κ1) is 14.1. The van der Waals surface area contributed by atoms with Gasteiger partial charge in [0.15, 0.2) is 0 Å². The molecule has 21 heavy (non-hydrogen) atoms. The van der Waals surface area contributed by atoms with Gasteiger partial charge in [0.2, 0.25) is 5.91 Å². The molecule has 4 rings (SSSR count). The molecule has 114 valence electrons. The van der Waals surface area contributed by atoms with Gasteiger partial charge in [-0.05, 0) is 56.4 Å². The molecule has 2 amide bonds. The lowest BCUT2D eigenvalue weighted by atomic mass is 9.60. The number of amides is 2. The van der Waals surface area contributed by atoms with Crippen molar-refractivity contribution in [1.82, 2.24) is 15.1 Å². The average molecular weight is 290 g/mol. The first-order chi connectivity index (χ1) is 10.1. The maximum Gasteiger partial charge on any atom is 0.270 e. The van der Waals surface area contributed by atoms with Crippen LogP contribution in [0.5, 0.6) is 0 Å². The van der Waals surface area contributed by atoms with E-state index in [9.17, 15) is 9.59 Å². The van der Waals surface area contributed by atoms with Crippen molar-refractivity contribution in [2.75, 3.05) is 0 Å². The van der Waals surface area contributed by atoms with Crippen LogP contribution in [0, 0.1) is 17.8 Å². The van der Waals surface area contributed by atoms with E-state index in [4.69, 9.17) is 5.73 Å². The maximum absolute atomic E-state index is 12.4. The Labute approximate surface area is 124 Å². The highest BCUT2D eigenvalue weighted by Crippen LogP contribution is 2.48. The third-order valence-corrected chi connectivity index (χ3v) is 4.92. The number of carbonyl (C=O) groups excluding carboxylic acids is 2. The summed E-state index contributed by atoms with van der Waals surface area (Å²) in [6.07, 6.45) is 6.14. The predicted molar refractivity (Wildman–Crippen MR) is 77.3 cm³/mol. The van der Waals surface area contributed by atoms with E-state index in [1.165, 1.54) is 12.8 Å². The van der Waals surface area contributed by atoms with Gasteiger partial charge in [-0.2, -0.15) is 5.10 Å². The highest BCUT2D eigenvalue weighted by atomic mass is 16.2. The standard InChI is InChI=1S/C15H22N4O2/c1-2-19-12(3-4-17-19)15(21)18-13(14(16)20)11-7-9-5-10(6-9)8-11/h3-4,9-11,13H,2,5-8H2,1H3,(H2,16,20)(H,18,21)/t9?,10?,11?,13-/m0/s1. The lowest BCUT2D eigenvalue weighted by Crippen LogP contribution is -2.53. The average Bonchev–Trinajstić information content (AvgIpc) is 2.92. The van der Waals surface area contributed by atoms with E-state index in [0.29, 0.717) is 24.1 Å². The second-order valence-corrected chi connectivity index (χ2v) is 6.32. The van der Waals surface area contributed by atoms with Gasteiger partial charge in [-0.25, -0.2) is 0 Å². The van der Waals surface area contributed by atoms with Gasteiger partial charge in [0, 0.05) is 12.7 Å². The summed E-state index contributed by atoms with van der Waals surface area (Å²) in [5.41, 5.74) is 6.00. The van der Waals surface area contributed by atoms with Crippen molar-refractivity contribution in [2.24, 2.45) is 23.5 Å². The summed E-state index contributed by atoms with van der Waals surface area (Å²) < 4.78 is 1.62. The van der Waals surface area contributed by atoms with E-state index in [1.54, 1.807) is 16.9 Å². The Bertz CT molecular complexity index is 538. The zero-order valence-electron chi connectivity index (χ0n) is 12.3. The molecule has 3 N–H and O–H groups in total. The van der Waals surface area contributed by atoms with Gasteiger partial charge in [0.1, 0.15) is 11.7 Å². The predicted octanol–water partition coefficient (Wildman–Crippen LogP) is 0.923. The molecule has 3 saturated carbocycles.